The fraction of sp³-hybridized carbons (Fsp3) is 0.400. The molecule has 1 aromatic heterocycles. The van der Waals surface area contributed by atoms with Crippen LogP contribution in [0.4, 0.5) is 8.78 Å². The summed E-state index contributed by atoms with van der Waals surface area (Å²) < 4.78 is 30.5. The number of rotatable bonds is 4. The molecule has 0 unspecified atom stereocenters. The van der Waals surface area contributed by atoms with Gasteiger partial charge in [-0.25, -0.2) is 8.78 Å². The van der Waals surface area contributed by atoms with E-state index in [1.807, 2.05) is 22.6 Å². The third kappa shape index (κ3) is 3.48. The number of hydrogen-bond donors (Lipinski definition) is 0. The van der Waals surface area contributed by atoms with Crippen molar-refractivity contribution in [1.29, 1.82) is 0 Å². The van der Waals surface area contributed by atoms with Crippen molar-refractivity contribution in [2.45, 2.75) is 18.7 Å². The van der Waals surface area contributed by atoms with Crippen LogP contribution in [-0.4, -0.2) is 18.1 Å². The van der Waals surface area contributed by atoms with Crippen molar-refractivity contribution >= 4 is 40.2 Å². The van der Waals surface area contributed by atoms with Gasteiger partial charge in [0.05, 0.1) is 25.1 Å². The van der Waals surface area contributed by atoms with Crippen molar-refractivity contribution < 1.29 is 18.3 Å². The molecule has 0 aromatic carbocycles. The Balaban J connectivity index is 3.24. The number of alkyl halides is 3. The number of carbonyl (C=O) groups is 1. The van der Waals surface area contributed by atoms with Crippen molar-refractivity contribution in [3.63, 3.8) is 0 Å². The Morgan fingerprint density at radius 1 is 1.65 bits per heavy atom. The highest BCUT2D eigenvalue weighted by molar-refractivity contribution is 14.1. The van der Waals surface area contributed by atoms with Crippen LogP contribution in [0.2, 0.25) is 0 Å². The van der Waals surface area contributed by atoms with E-state index in [1.54, 1.807) is 0 Å². The van der Waals surface area contributed by atoms with Gasteiger partial charge in [0, 0.05) is 15.3 Å². The zero-order chi connectivity index (χ0) is 13.0. The third-order valence-electron chi connectivity index (χ3n) is 2.14. The highest BCUT2D eigenvalue weighted by Crippen LogP contribution is 2.28. The van der Waals surface area contributed by atoms with E-state index >= 15 is 0 Å². The van der Waals surface area contributed by atoms with Crippen LogP contribution in [0.15, 0.2) is 6.20 Å². The summed E-state index contributed by atoms with van der Waals surface area (Å²) >= 11 is 7.50. The average Bonchev–Trinajstić information content (AvgIpc) is 2.30. The molecule has 0 bridgehead atoms. The van der Waals surface area contributed by atoms with E-state index in [0.29, 0.717) is 9.26 Å². The molecular weight excluding hydrogens is 366 g/mol. The van der Waals surface area contributed by atoms with Gasteiger partial charge in [-0.15, -0.1) is 11.6 Å². The SMILES string of the molecule is COC(=O)Cc1c(C(F)F)cnc(CCl)c1I. The van der Waals surface area contributed by atoms with Gasteiger partial charge in [0.15, 0.2) is 0 Å². The van der Waals surface area contributed by atoms with Crippen LogP contribution in [0.5, 0.6) is 0 Å². The molecule has 0 amide bonds. The van der Waals surface area contributed by atoms with Crippen LogP contribution in [0.3, 0.4) is 0 Å². The fourth-order valence-corrected chi connectivity index (χ4v) is 2.52. The van der Waals surface area contributed by atoms with Gasteiger partial charge in [-0.05, 0) is 28.2 Å². The summed E-state index contributed by atoms with van der Waals surface area (Å²) in [5, 5.41) is 0. The molecule has 0 spiro atoms. The lowest BCUT2D eigenvalue weighted by Crippen LogP contribution is -2.11. The molecule has 0 saturated carbocycles. The molecule has 0 aliphatic heterocycles. The Morgan fingerprint density at radius 3 is 2.76 bits per heavy atom. The smallest absolute Gasteiger partial charge is 0.310 e. The molecule has 0 aliphatic carbocycles. The van der Waals surface area contributed by atoms with Crippen molar-refractivity contribution in [3.05, 3.63) is 26.6 Å². The van der Waals surface area contributed by atoms with E-state index in [4.69, 9.17) is 11.6 Å². The lowest BCUT2D eigenvalue weighted by molar-refractivity contribution is -0.139. The number of ether oxygens (including phenoxy) is 1. The largest absolute Gasteiger partial charge is 0.469 e. The summed E-state index contributed by atoms with van der Waals surface area (Å²) in [5.41, 5.74) is 0.460. The lowest BCUT2D eigenvalue weighted by atomic mass is 10.1. The number of methoxy groups -OCH3 is 1. The van der Waals surface area contributed by atoms with Crippen LogP contribution in [0.1, 0.15) is 23.2 Å². The maximum absolute atomic E-state index is 12.8. The van der Waals surface area contributed by atoms with E-state index in [-0.39, 0.29) is 23.4 Å². The third-order valence-corrected chi connectivity index (χ3v) is 3.66. The van der Waals surface area contributed by atoms with Gasteiger partial charge in [0.1, 0.15) is 0 Å². The number of esters is 1. The molecule has 0 radical (unpaired) electrons. The number of pyridine rings is 1. The van der Waals surface area contributed by atoms with Crippen molar-refractivity contribution in [2.24, 2.45) is 0 Å². The topological polar surface area (TPSA) is 39.2 Å². The molecule has 1 heterocycles. The molecular formula is C10H9ClF2INO2. The lowest BCUT2D eigenvalue weighted by Gasteiger charge is -2.12. The summed E-state index contributed by atoms with van der Waals surface area (Å²) in [6.45, 7) is 0. The summed E-state index contributed by atoms with van der Waals surface area (Å²) in [6.07, 6.45) is -1.83. The molecule has 0 aliphatic rings. The number of carbonyl (C=O) groups excluding carboxylic acids is 1. The Morgan fingerprint density at radius 2 is 2.29 bits per heavy atom. The van der Waals surface area contributed by atoms with Crippen LogP contribution in [-0.2, 0) is 21.8 Å². The van der Waals surface area contributed by atoms with Crippen LogP contribution in [0, 0.1) is 3.57 Å². The molecule has 7 heteroatoms. The number of hydrogen-bond acceptors (Lipinski definition) is 3. The molecule has 1 rings (SSSR count). The van der Waals surface area contributed by atoms with E-state index in [9.17, 15) is 13.6 Å². The van der Waals surface area contributed by atoms with Crippen LogP contribution < -0.4 is 0 Å². The summed E-state index contributed by atoms with van der Waals surface area (Å²) in [5.74, 6) is -0.466. The number of aromatic nitrogens is 1. The second-order valence-electron chi connectivity index (χ2n) is 3.14. The molecule has 94 valence electrons. The van der Waals surface area contributed by atoms with Gasteiger partial charge in [-0.1, -0.05) is 0 Å². The Kier molecular flexibility index (Phi) is 5.51. The Bertz CT molecular complexity index is 429. The minimum Gasteiger partial charge on any atom is -0.469 e. The molecule has 17 heavy (non-hydrogen) atoms. The highest BCUT2D eigenvalue weighted by atomic mass is 127. The number of nitrogens with zero attached hydrogens (tertiary/aromatic N) is 1. The predicted molar refractivity (Wildman–Crippen MR) is 67.2 cm³/mol. The van der Waals surface area contributed by atoms with E-state index in [2.05, 4.69) is 9.72 Å². The van der Waals surface area contributed by atoms with Crippen molar-refractivity contribution in [3.8, 4) is 0 Å². The first-order valence-electron chi connectivity index (χ1n) is 4.58. The first kappa shape index (κ1) is 14.6. The van der Waals surface area contributed by atoms with Crippen LogP contribution in [0.25, 0.3) is 0 Å². The number of halogens is 4. The van der Waals surface area contributed by atoms with E-state index < -0.39 is 12.4 Å². The van der Waals surface area contributed by atoms with Gasteiger partial charge >= 0.3 is 5.97 Å². The van der Waals surface area contributed by atoms with Crippen molar-refractivity contribution in [1.82, 2.24) is 4.98 Å². The zero-order valence-electron chi connectivity index (χ0n) is 8.84. The monoisotopic (exact) mass is 375 g/mol. The summed E-state index contributed by atoms with van der Waals surface area (Å²) in [7, 11) is 1.21. The van der Waals surface area contributed by atoms with Crippen LogP contribution >= 0.6 is 34.2 Å². The summed E-state index contributed by atoms with van der Waals surface area (Å²) in [4.78, 5) is 15.0. The Labute approximate surface area is 116 Å². The molecule has 0 fully saturated rings. The fourth-order valence-electron chi connectivity index (χ4n) is 1.26. The first-order chi connectivity index (χ1) is 8.01. The Hall–Kier alpha value is -0.500. The normalized spacial score (nSPS) is 10.7. The second-order valence-corrected chi connectivity index (χ2v) is 4.49. The summed E-state index contributed by atoms with van der Waals surface area (Å²) in [6, 6.07) is 0. The molecule has 0 N–H and O–H groups in total. The maximum atomic E-state index is 12.8. The van der Waals surface area contributed by atoms with Gasteiger partial charge < -0.3 is 4.74 Å². The minimum absolute atomic E-state index is 0.107. The highest BCUT2D eigenvalue weighted by Gasteiger charge is 2.21. The molecule has 3 nitrogen and oxygen atoms in total. The predicted octanol–water partition coefficient (Wildman–Crippen LogP) is 3.08. The first-order valence-corrected chi connectivity index (χ1v) is 6.19. The van der Waals surface area contributed by atoms with Crippen molar-refractivity contribution in [2.75, 3.05) is 7.11 Å². The minimum atomic E-state index is -2.68. The zero-order valence-corrected chi connectivity index (χ0v) is 11.8. The quantitative estimate of drug-likeness (QED) is 0.461. The maximum Gasteiger partial charge on any atom is 0.310 e. The molecule has 0 atom stereocenters. The second kappa shape index (κ2) is 6.44. The average molecular weight is 376 g/mol. The molecule has 1 aromatic rings. The molecule has 0 saturated heterocycles. The van der Waals surface area contributed by atoms with Gasteiger partial charge in [-0.3, -0.25) is 9.78 Å². The van der Waals surface area contributed by atoms with E-state index in [1.165, 1.54) is 7.11 Å². The van der Waals surface area contributed by atoms with E-state index in [0.717, 1.165) is 6.20 Å². The van der Waals surface area contributed by atoms with Gasteiger partial charge in [-0.2, -0.15) is 0 Å². The van der Waals surface area contributed by atoms with Gasteiger partial charge in [0.25, 0.3) is 6.43 Å². The van der Waals surface area contributed by atoms with Gasteiger partial charge in [0.2, 0.25) is 0 Å². The standard InChI is InChI=1S/C10H9ClF2INO2/c1-17-8(16)2-5-6(10(12)13)4-15-7(3-11)9(5)14/h4,10H,2-3H2,1H3.